The molecule has 5 nitrogen and oxygen atoms in total. The number of hydrogen-bond donors (Lipinski definition) is 2. The summed E-state index contributed by atoms with van der Waals surface area (Å²) in [5.41, 5.74) is 0.436. The highest BCUT2D eigenvalue weighted by Crippen LogP contribution is 2.36. The molecule has 0 saturated carbocycles. The Labute approximate surface area is 236 Å². The number of alkyl halides is 3. The molecular formula is C31H32ClF3N4O. The first kappa shape index (κ1) is 28.3. The van der Waals surface area contributed by atoms with Crippen LogP contribution < -0.4 is 16.2 Å². The summed E-state index contributed by atoms with van der Waals surface area (Å²) in [5.74, 6) is 0.637. The van der Waals surface area contributed by atoms with E-state index in [-0.39, 0.29) is 17.0 Å². The standard InChI is InChI=1S/C31H32ClF3N4O/c1-20(17-30(36-19-29(2,3)38-30)22-9-11-23(12-10-22)31(33,34)35)15-27-37-26-16-24(32)13-14-25(26)28(40)39(27)18-21-7-5-4-6-8-21/h4-14,16,20,36,38H,15,17-19H2,1-3H3. The zero-order valence-corrected chi connectivity index (χ0v) is 23.4. The average Bonchev–Trinajstić information content (AvgIpc) is 3.21. The van der Waals surface area contributed by atoms with Crippen LogP contribution in [0.1, 0.15) is 49.7 Å². The van der Waals surface area contributed by atoms with Gasteiger partial charge in [0.05, 0.1) is 28.7 Å². The monoisotopic (exact) mass is 568 g/mol. The molecular weight excluding hydrogens is 537 g/mol. The third-order valence-electron chi connectivity index (χ3n) is 7.45. The first-order valence-corrected chi connectivity index (χ1v) is 13.7. The van der Waals surface area contributed by atoms with Gasteiger partial charge in [-0.2, -0.15) is 13.2 Å². The Hall–Kier alpha value is -3.20. The van der Waals surface area contributed by atoms with E-state index in [1.54, 1.807) is 34.9 Å². The number of nitrogens with one attached hydrogen (secondary N) is 2. The Balaban J connectivity index is 1.50. The van der Waals surface area contributed by atoms with Crippen molar-refractivity contribution in [2.75, 3.05) is 6.54 Å². The van der Waals surface area contributed by atoms with Crippen molar-refractivity contribution < 1.29 is 13.2 Å². The number of nitrogens with zero attached hydrogens (tertiary/aromatic N) is 2. The molecule has 2 N–H and O–H groups in total. The Morgan fingerprint density at radius 3 is 2.38 bits per heavy atom. The molecule has 1 aliphatic heterocycles. The Morgan fingerprint density at radius 1 is 1.05 bits per heavy atom. The van der Waals surface area contributed by atoms with Gasteiger partial charge < -0.3 is 0 Å². The van der Waals surface area contributed by atoms with Crippen LogP contribution in [0, 0.1) is 5.92 Å². The summed E-state index contributed by atoms with van der Waals surface area (Å²) in [7, 11) is 0. The van der Waals surface area contributed by atoms with Gasteiger partial charge in [-0.1, -0.05) is 61.0 Å². The molecule has 1 aromatic heterocycles. The summed E-state index contributed by atoms with van der Waals surface area (Å²) < 4.78 is 41.5. The summed E-state index contributed by atoms with van der Waals surface area (Å²) in [5, 5.41) is 8.20. The Kier molecular flexibility index (Phi) is 7.54. The highest BCUT2D eigenvalue weighted by molar-refractivity contribution is 6.31. The van der Waals surface area contributed by atoms with Crippen molar-refractivity contribution in [2.24, 2.45) is 5.92 Å². The topological polar surface area (TPSA) is 59.0 Å². The summed E-state index contributed by atoms with van der Waals surface area (Å²) in [6.07, 6.45) is -3.35. The molecule has 2 unspecified atom stereocenters. The van der Waals surface area contributed by atoms with Gasteiger partial charge in [0.1, 0.15) is 5.82 Å². The van der Waals surface area contributed by atoms with Gasteiger partial charge in [0.25, 0.3) is 5.56 Å². The van der Waals surface area contributed by atoms with Crippen LogP contribution in [0.2, 0.25) is 5.02 Å². The number of fused-ring (bicyclic) bond motifs is 1. The molecule has 5 rings (SSSR count). The van der Waals surface area contributed by atoms with Crippen LogP contribution in [0.3, 0.4) is 0 Å². The third-order valence-corrected chi connectivity index (χ3v) is 7.69. The van der Waals surface area contributed by atoms with Crippen molar-refractivity contribution in [3.63, 3.8) is 0 Å². The molecule has 2 atom stereocenters. The van der Waals surface area contributed by atoms with E-state index >= 15 is 0 Å². The predicted octanol–water partition coefficient (Wildman–Crippen LogP) is 6.51. The average molecular weight is 569 g/mol. The van der Waals surface area contributed by atoms with E-state index in [0.29, 0.717) is 47.7 Å². The molecule has 0 spiro atoms. The van der Waals surface area contributed by atoms with Gasteiger partial charge in [-0.05, 0) is 67.6 Å². The van der Waals surface area contributed by atoms with E-state index in [0.717, 1.165) is 23.3 Å². The SMILES string of the molecule is CC(Cc1nc2cc(Cl)ccc2c(=O)n1Cc1ccccc1)CC1(c2ccc(C(F)(F)F)cc2)NCC(C)(C)N1. The second-order valence-corrected chi connectivity index (χ2v) is 11.9. The largest absolute Gasteiger partial charge is 0.416 e. The van der Waals surface area contributed by atoms with Crippen molar-refractivity contribution in [3.05, 3.63) is 111 Å². The lowest BCUT2D eigenvalue weighted by Crippen LogP contribution is -2.50. The molecule has 3 aromatic carbocycles. The second kappa shape index (κ2) is 10.7. The van der Waals surface area contributed by atoms with Crippen LogP contribution in [0.4, 0.5) is 13.2 Å². The summed E-state index contributed by atoms with van der Waals surface area (Å²) in [4.78, 5) is 18.5. The Bertz CT molecular complexity index is 1570. The molecule has 40 heavy (non-hydrogen) atoms. The van der Waals surface area contributed by atoms with Crippen LogP contribution in [0.15, 0.2) is 77.6 Å². The van der Waals surface area contributed by atoms with E-state index in [1.807, 2.05) is 30.3 Å². The maximum absolute atomic E-state index is 13.6. The van der Waals surface area contributed by atoms with Gasteiger partial charge >= 0.3 is 6.18 Å². The highest BCUT2D eigenvalue weighted by atomic mass is 35.5. The minimum Gasteiger partial charge on any atom is -0.294 e. The maximum atomic E-state index is 13.6. The van der Waals surface area contributed by atoms with E-state index in [1.165, 1.54) is 0 Å². The first-order valence-electron chi connectivity index (χ1n) is 13.3. The minimum atomic E-state index is -4.40. The van der Waals surface area contributed by atoms with Gasteiger partial charge in [-0.15, -0.1) is 0 Å². The molecule has 9 heteroatoms. The zero-order valence-electron chi connectivity index (χ0n) is 22.6. The number of aromatic nitrogens is 2. The van der Waals surface area contributed by atoms with Crippen LogP contribution in [0.25, 0.3) is 10.9 Å². The van der Waals surface area contributed by atoms with Crippen molar-refractivity contribution in [1.82, 2.24) is 20.2 Å². The van der Waals surface area contributed by atoms with E-state index < -0.39 is 17.4 Å². The zero-order chi connectivity index (χ0) is 28.7. The molecule has 2 heterocycles. The van der Waals surface area contributed by atoms with Gasteiger partial charge in [0.2, 0.25) is 0 Å². The van der Waals surface area contributed by atoms with Crippen LogP contribution in [-0.2, 0) is 24.8 Å². The molecule has 0 amide bonds. The van der Waals surface area contributed by atoms with Crippen LogP contribution in [-0.4, -0.2) is 21.6 Å². The predicted molar refractivity (Wildman–Crippen MR) is 152 cm³/mol. The molecule has 0 radical (unpaired) electrons. The maximum Gasteiger partial charge on any atom is 0.416 e. The fourth-order valence-corrected chi connectivity index (χ4v) is 5.79. The number of rotatable bonds is 7. The van der Waals surface area contributed by atoms with Gasteiger partial charge in [-0.25, -0.2) is 4.98 Å². The molecule has 1 saturated heterocycles. The van der Waals surface area contributed by atoms with Gasteiger partial charge in [-0.3, -0.25) is 20.0 Å². The van der Waals surface area contributed by atoms with Crippen molar-refractivity contribution in [1.29, 1.82) is 0 Å². The molecule has 4 aromatic rings. The Morgan fingerprint density at radius 2 is 1.75 bits per heavy atom. The van der Waals surface area contributed by atoms with E-state index in [9.17, 15) is 18.0 Å². The quantitative estimate of drug-likeness (QED) is 0.267. The summed E-state index contributed by atoms with van der Waals surface area (Å²) in [6, 6.07) is 20.2. The van der Waals surface area contributed by atoms with Crippen LogP contribution in [0.5, 0.6) is 0 Å². The normalized spacial score (nSPS) is 19.7. The lowest BCUT2D eigenvalue weighted by molar-refractivity contribution is -0.137. The molecule has 0 aliphatic carbocycles. The number of halogens is 4. The lowest BCUT2D eigenvalue weighted by atomic mass is 9.87. The summed E-state index contributed by atoms with van der Waals surface area (Å²) >= 11 is 6.23. The number of benzene rings is 3. The van der Waals surface area contributed by atoms with Crippen molar-refractivity contribution in [2.45, 2.75) is 57.5 Å². The third kappa shape index (κ3) is 5.94. The van der Waals surface area contributed by atoms with Crippen molar-refractivity contribution in [3.8, 4) is 0 Å². The molecule has 1 aliphatic rings. The van der Waals surface area contributed by atoms with Crippen molar-refractivity contribution >= 4 is 22.5 Å². The highest BCUT2D eigenvalue weighted by Gasteiger charge is 2.44. The smallest absolute Gasteiger partial charge is 0.294 e. The lowest BCUT2D eigenvalue weighted by Gasteiger charge is -2.35. The molecule has 210 valence electrons. The minimum absolute atomic E-state index is 0.00162. The molecule has 1 fully saturated rings. The summed E-state index contributed by atoms with van der Waals surface area (Å²) in [6.45, 7) is 7.21. The fraction of sp³-hybridized carbons (Fsp3) is 0.355. The fourth-order valence-electron chi connectivity index (χ4n) is 5.63. The van der Waals surface area contributed by atoms with Gasteiger partial charge in [0.15, 0.2) is 0 Å². The second-order valence-electron chi connectivity index (χ2n) is 11.4. The molecule has 0 bridgehead atoms. The van der Waals surface area contributed by atoms with Crippen LogP contribution >= 0.6 is 11.6 Å². The first-order chi connectivity index (χ1) is 18.9. The number of hydrogen-bond acceptors (Lipinski definition) is 4. The van der Waals surface area contributed by atoms with E-state index in [4.69, 9.17) is 16.6 Å². The van der Waals surface area contributed by atoms with Gasteiger partial charge in [0, 0.05) is 23.5 Å². The van der Waals surface area contributed by atoms with E-state index in [2.05, 4.69) is 31.4 Å².